The second kappa shape index (κ2) is 10.0. The molecular formula is C24H20FN5O4. The van der Waals surface area contributed by atoms with Gasteiger partial charge in [0.05, 0.1) is 18.2 Å². The maximum atomic E-state index is 13.6. The van der Waals surface area contributed by atoms with Gasteiger partial charge in [-0.25, -0.2) is 19.5 Å². The molecule has 1 unspecified atom stereocenters. The number of hydrogen-bond donors (Lipinski definition) is 2. The number of nitrogens with one attached hydrogen (secondary N) is 2. The molecule has 2 aromatic carbocycles. The van der Waals surface area contributed by atoms with Gasteiger partial charge in [-0.1, -0.05) is 30.3 Å². The maximum Gasteiger partial charge on any atom is 0.313 e. The smallest absolute Gasteiger partial charge is 0.313 e. The highest BCUT2D eigenvalue weighted by atomic mass is 19.1. The molecule has 2 heterocycles. The van der Waals surface area contributed by atoms with Crippen molar-refractivity contribution in [3.8, 4) is 5.82 Å². The SMILES string of the molecule is CONC(=O)C(=O)C(Cc1ccccc1)NC(=O)c1cccnc1-n1cc2ccc(F)cc2n1. The summed E-state index contributed by atoms with van der Waals surface area (Å²) in [6, 6.07) is 15.0. The van der Waals surface area contributed by atoms with E-state index in [-0.39, 0.29) is 17.8 Å². The Labute approximate surface area is 193 Å². The molecule has 0 fully saturated rings. The fourth-order valence-electron chi connectivity index (χ4n) is 3.45. The van der Waals surface area contributed by atoms with E-state index in [1.807, 2.05) is 11.5 Å². The van der Waals surface area contributed by atoms with E-state index in [1.54, 1.807) is 42.6 Å². The Morgan fingerprint density at radius 3 is 2.65 bits per heavy atom. The number of halogens is 1. The lowest BCUT2D eigenvalue weighted by molar-refractivity contribution is -0.145. The van der Waals surface area contributed by atoms with E-state index in [1.165, 1.54) is 36.2 Å². The molecule has 4 rings (SSSR count). The van der Waals surface area contributed by atoms with E-state index in [0.29, 0.717) is 10.9 Å². The minimum absolute atomic E-state index is 0.0864. The molecule has 2 aromatic heterocycles. The van der Waals surface area contributed by atoms with Gasteiger partial charge in [-0.3, -0.25) is 19.2 Å². The number of aromatic nitrogens is 3. The van der Waals surface area contributed by atoms with Crippen LogP contribution >= 0.6 is 0 Å². The van der Waals surface area contributed by atoms with Crippen molar-refractivity contribution in [3.63, 3.8) is 0 Å². The van der Waals surface area contributed by atoms with Crippen LogP contribution in [0.4, 0.5) is 4.39 Å². The summed E-state index contributed by atoms with van der Waals surface area (Å²) in [6.07, 6.45) is 3.19. The normalized spacial score (nSPS) is 11.7. The minimum Gasteiger partial charge on any atom is -0.341 e. The summed E-state index contributed by atoms with van der Waals surface area (Å²) in [5.74, 6) is -2.74. The number of nitrogens with zero attached hydrogens (tertiary/aromatic N) is 3. The van der Waals surface area contributed by atoms with E-state index in [0.717, 1.165) is 5.56 Å². The van der Waals surface area contributed by atoms with Crippen LogP contribution in [-0.2, 0) is 20.8 Å². The fraction of sp³-hybridized carbons (Fsp3) is 0.125. The molecule has 4 aromatic rings. The van der Waals surface area contributed by atoms with Crippen molar-refractivity contribution < 1.29 is 23.6 Å². The van der Waals surface area contributed by atoms with E-state index in [2.05, 4.69) is 20.2 Å². The lowest BCUT2D eigenvalue weighted by atomic mass is 10.0. The zero-order valence-corrected chi connectivity index (χ0v) is 18.1. The van der Waals surface area contributed by atoms with Crippen LogP contribution in [0.1, 0.15) is 15.9 Å². The highest BCUT2D eigenvalue weighted by Crippen LogP contribution is 2.18. The molecule has 0 aliphatic carbocycles. The number of rotatable bonds is 8. The van der Waals surface area contributed by atoms with Gasteiger partial charge < -0.3 is 5.32 Å². The minimum atomic E-state index is -1.16. The number of Topliss-reactive ketones (excluding diaryl/α,β-unsaturated/α-hetero) is 1. The van der Waals surface area contributed by atoms with Crippen LogP contribution in [0.5, 0.6) is 0 Å². The van der Waals surface area contributed by atoms with E-state index in [9.17, 15) is 18.8 Å². The number of pyridine rings is 1. The van der Waals surface area contributed by atoms with Gasteiger partial charge in [0.25, 0.3) is 5.91 Å². The molecule has 1 atom stereocenters. The van der Waals surface area contributed by atoms with Crippen molar-refractivity contribution in [1.29, 1.82) is 0 Å². The second-order valence-electron chi connectivity index (χ2n) is 7.37. The molecule has 0 bridgehead atoms. The van der Waals surface area contributed by atoms with Crippen LogP contribution in [0.2, 0.25) is 0 Å². The Kier molecular flexibility index (Phi) is 6.69. The molecule has 0 saturated heterocycles. The number of hydrogen-bond acceptors (Lipinski definition) is 6. The van der Waals surface area contributed by atoms with E-state index in [4.69, 9.17) is 0 Å². The topological polar surface area (TPSA) is 115 Å². The molecule has 10 heteroatoms. The zero-order valence-electron chi connectivity index (χ0n) is 18.1. The first kappa shape index (κ1) is 22.7. The van der Waals surface area contributed by atoms with Crippen LogP contribution in [0.25, 0.3) is 16.7 Å². The lowest BCUT2D eigenvalue weighted by Crippen LogP contribution is -2.48. The summed E-state index contributed by atoms with van der Waals surface area (Å²) >= 11 is 0. The molecule has 9 nitrogen and oxygen atoms in total. The van der Waals surface area contributed by atoms with E-state index >= 15 is 0 Å². The fourth-order valence-corrected chi connectivity index (χ4v) is 3.45. The van der Waals surface area contributed by atoms with Crippen LogP contribution in [-0.4, -0.2) is 45.5 Å². The standard InChI is InChI=1S/C24H20FN5O4/c1-34-29-24(33)21(31)20(12-15-6-3-2-4-7-15)27-23(32)18-8-5-11-26-22(18)30-14-16-9-10-17(25)13-19(16)28-30/h2-11,13-14,20H,12H2,1H3,(H,27,32)(H,29,33). The van der Waals surface area contributed by atoms with Crippen LogP contribution in [0.15, 0.2) is 73.1 Å². The van der Waals surface area contributed by atoms with Gasteiger partial charge in [-0.15, -0.1) is 0 Å². The van der Waals surface area contributed by atoms with Crippen LogP contribution < -0.4 is 10.8 Å². The molecule has 2 amide bonds. The maximum absolute atomic E-state index is 13.6. The number of carbonyl (C=O) groups excluding carboxylic acids is 3. The van der Waals surface area contributed by atoms with Crippen molar-refractivity contribution in [2.24, 2.45) is 0 Å². The summed E-state index contributed by atoms with van der Waals surface area (Å²) in [4.78, 5) is 46.9. The Balaban J connectivity index is 1.65. The average Bonchev–Trinajstić information content (AvgIpc) is 3.27. The zero-order chi connectivity index (χ0) is 24.1. The first-order valence-electron chi connectivity index (χ1n) is 10.3. The van der Waals surface area contributed by atoms with Crippen molar-refractivity contribution >= 4 is 28.5 Å². The third kappa shape index (κ3) is 4.97. The third-order valence-corrected chi connectivity index (χ3v) is 5.04. The molecule has 0 aliphatic heterocycles. The number of fused-ring (bicyclic) bond motifs is 1. The Morgan fingerprint density at radius 2 is 1.88 bits per heavy atom. The van der Waals surface area contributed by atoms with Gasteiger partial charge in [0, 0.05) is 30.3 Å². The largest absolute Gasteiger partial charge is 0.341 e. The summed E-state index contributed by atoms with van der Waals surface area (Å²) in [5, 5.41) is 7.60. The predicted octanol–water partition coefficient (Wildman–Crippen LogP) is 2.15. The average molecular weight is 461 g/mol. The third-order valence-electron chi connectivity index (χ3n) is 5.04. The second-order valence-corrected chi connectivity index (χ2v) is 7.37. The first-order chi connectivity index (χ1) is 16.5. The van der Waals surface area contributed by atoms with Gasteiger partial charge >= 0.3 is 5.91 Å². The van der Waals surface area contributed by atoms with Gasteiger partial charge in [-0.05, 0) is 29.8 Å². The van der Waals surface area contributed by atoms with Gasteiger partial charge in [0.2, 0.25) is 5.78 Å². The Morgan fingerprint density at radius 1 is 1.09 bits per heavy atom. The number of ketones is 1. The summed E-state index contributed by atoms with van der Waals surface area (Å²) in [6.45, 7) is 0. The van der Waals surface area contributed by atoms with Crippen molar-refractivity contribution in [3.05, 3.63) is 90.0 Å². The highest BCUT2D eigenvalue weighted by Gasteiger charge is 2.29. The number of benzene rings is 2. The summed E-state index contributed by atoms with van der Waals surface area (Å²) in [7, 11) is 1.21. The van der Waals surface area contributed by atoms with Crippen LogP contribution in [0, 0.1) is 5.82 Å². The lowest BCUT2D eigenvalue weighted by Gasteiger charge is -2.18. The number of amides is 2. The van der Waals surface area contributed by atoms with Crippen LogP contribution in [0.3, 0.4) is 0 Å². The van der Waals surface area contributed by atoms with Crippen molar-refractivity contribution in [1.82, 2.24) is 25.6 Å². The van der Waals surface area contributed by atoms with Gasteiger partial charge in [0.1, 0.15) is 11.9 Å². The van der Waals surface area contributed by atoms with Crippen molar-refractivity contribution in [2.75, 3.05) is 7.11 Å². The molecule has 0 spiro atoms. The summed E-state index contributed by atoms with van der Waals surface area (Å²) in [5.41, 5.74) is 3.25. The molecule has 34 heavy (non-hydrogen) atoms. The quantitative estimate of drug-likeness (QED) is 0.307. The number of hydroxylamine groups is 1. The molecule has 0 radical (unpaired) electrons. The van der Waals surface area contributed by atoms with Crippen molar-refractivity contribution in [2.45, 2.75) is 12.5 Å². The van der Waals surface area contributed by atoms with E-state index < -0.39 is 29.5 Å². The molecule has 2 N–H and O–H groups in total. The monoisotopic (exact) mass is 461 g/mol. The molecular weight excluding hydrogens is 441 g/mol. The Bertz CT molecular complexity index is 1360. The number of carbonyl (C=O) groups is 3. The Hall–Kier alpha value is -4.44. The molecule has 0 saturated carbocycles. The van der Waals surface area contributed by atoms with Gasteiger partial charge in [0.15, 0.2) is 5.82 Å². The molecule has 0 aliphatic rings. The first-order valence-corrected chi connectivity index (χ1v) is 10.3. The molecule has 172 valence electrons. The van der Waals surface area contributed by atoms with Gasteiger partial charge in [-0.2, -0.15) is 5.10 Å². The predicted molar refractivity (Wildman–Crippen MR) is 120 cm³/mol. The summed E-state index contributed by atoms with van der Waals surface area (Å²) < 4.78 is 14.9. The highest BCUT2D eigenvalue weighted by molar-refractivity contribution is 6.38.